The minimum Gasteiger partial charge on any atom is -0.440 e. The lowest BCUT2D eigenvalue weighted by atomic mass is 9.91. The summed E-state index contributed by atoms with van der Waals surface area (Å²) in [6.07, 6.45) is 4.03. The van der Waals surface area contributed by atoms with Crippen molar-refractivity contribution < 1.29 is 4.42 Å². The number of nitrogens with two attached hydrogens (primary N) is 1. The highest BCUT2D eigenvalue weighted by Crippen LogP contribution is 2.44. The first-order valence-electron chi connectivity index (χ1n) is 17.0. The Morgan fingerprint density at radius 3 is 1.88 bits per heavy atom. The summed E-state index contributed by atoms with van der Waals surface area (Å²) in [6, 6.07) is 58.6. The zero-order chi connectivity index (χ0) is 33.6. The van der Waals surface area contributed by atoms with Crippen molar-refractivity contribution in [3.63, 3.8) is 0 Å². The third kappa shape index (κ3) is 4.91. The minimum absolute atomic E-state index is 0.413. The van der Waals surface area contributed by atoms with Crippen molar-refractivity contribution in [1.82, 2.24) is 0 Å². The first-order valence-corrected chi connectivity index (χ1v) is 17.0. The second kappa shape index (κ2) is 12.1. The van der Waals surface area contributed by atoms with E-state index in [1.165, 1.54) is 54.6 Å². The quantitative estimate of drug-likeness (QED) is 0.184. The largest absolute Gasteiger partial charge is 0.440 e. The zero-order valence-electron chi connectivity index (χ0n) is 27.7. The molecule has 0 fully saturated rings. The molecule has 0 saturated carbocycles. The van der Waals surface area contributed by atoms with Crippen LogP contribution in [0.15, 0.2) is 174 Å². The molecule has 3 heteroatoms. The summed E-state index contributed by atoms with van der Waals surface area (Å²) in [5, 5.41) is 8.53. The molecular formula is C47H34N2O. The topological polar surface area (TPSA) is 42.4 Å². The fourth-order valence-corrected chi connectivity index (χ4v) is 7.44. The smallest absolute Gasteiger partial charge is 0.198 e. The van der Waals surface area contributed by atoms with Crippen LogP contribution >= 0.6 is 0 Å². The van der Waals surface area contributed by atoms with E-state index in [-0.39, 0.29) is 0 Å². The van der Waals surface area contributed by atoms with Crippen LogP contribution in [0.3, 0.4) is 0 Å². The Morgan fingerprint density at radius 1 is 0.520 bits per heavy atom. The molecule has 0 spiro atoms. The Balaban J connectivity index is 1.22. The van der Waals surface area contributed by atoms with E-state index in [0.29, 0.717) is 5.88 Å². The molecule has 0 bridgehead atoms. The van der Waals surface area contributed by atoms with Crippen molar-refractivity contribution in [3.05, 3.63) is 175 Å². The number of benzene rings is 8. The number of nitrogen functional groups attached to an aromatic ring is 1. The van der Waals surface area contributed by atoms with Gasteiger partial charge in [-0.3, -0.25) is 0 Å². The Kier molecular flexibility index (Phi) is 7.18. The number of allylic oxidation sites excluding steroid dienone is 1. The Labute approximate surface area is 291 Å². The summed E-state index contributed by atoms with van der Waals surface area (Å²) in [5.74, 6) is 0.413. The van der Waals surface area contributed by atoms with Crippen LogP contribution in [0.5, 0.6) is 0 Å². The van der Waals surface area contributed by atoms with E-state index in [4.69, 9.17) is 10.2 Å². The van der Waals surface area contributed by atoms with E-state index in [1.807, 2.05) is 37.3 Å². The van der Waals surface area contributed by atoms with Gasteiger partial charge in [0.1, 0.15) is 5.58 Å². The molecule has 1 aromatic heterocycles. The normalized spacial score (nSPS) is 11.7. The fourth-order valence-electron chi connectivity index (χ4n) is 7.44. The van der Waals surface area contributed by atoms with Crippen LogP contribution in [0.25, 0.3) is 71.6 Å². The molecule has 9 aromatic rings. The second-order valence-corrected chi connectivity index (χ2v) is 12.7. The van der Waals surface area contributed by atoms with Crippen molar-refractivity contribution in [2.24, 2.45) is 0 Å². The molecule has 8 aromatic carbocycles. The molecule has 0 radical (unpaired) electrons. The van der Waals surface area contributed by atoms with Crippen molar-refractivity contribution in [1.29, 1.82) is 0 Å². The maximum Gasteiger partial charge on any atom is 0.198 e. The number of fused-ring (bicyclic) bond motifs is 6. The van der Waals surface area contributed by atoms with E-state index < -0.39 is 0 Å². The van der Waals surface area contributed by atoms with E-state index in [9.17, 15) is 0 Å². The van der Waals surface area contributed by atoms with Crippen molar-refractivity contribution in [2.45, 2.75) is 6.92 Å². The highest BCUT2D eigenvalue weighted by atomic mass is 16.3. The van der Waals surface area contributed by atoms with Gasteiger partial charge in [-0.2, -0.15) is 0 Å². The molecule has 50 heavy (non-hydrogen) atoms. The molecule has 238 valence electrons. The first-order chi connectivity index (χ1) is 24.7. The van der Waals surface area contributed by atoms with Gasteiger partial charge in [-0.15, -0.1) is 0 Å². The Morgan fingerprint density at radius 2 is 1.14 bits per heavy atom. The van der Waals surface area contributed by atoms with Crippen LogP contribution in [0, 0.1) is 0 Å². The number of hydrogen-bond acceptors (Lipinski definition) is 3. The molecule has 0 unspecified atom stereocenters. The van der Waals surface area contributed by atoms with Crippen LogP contribution in [-0.4, -0.2) is 0 Å². The van der Waals surface area contributed by atoms with Gasteiger partial charge in [-0.05, 0) is 104 Å². The molecule has 0 aliphatic rings. The molecule has 1 heterocycles. The maximum atomic E-state index is 6.44. The number of nitrogens with zero attached hydrogens (tertiary/aromatic N) is 1. The molecule has 0 amide bonds. The highest BCUT2D eigenvalue weighted by molar-refractivity contribution is 6.21. The van der Waals surface area contributed by atoms with Crippen LogP contribution < -0.4 is 10.6 Å². The van der Waals surface area contributed by atoms with Crippen LogP contribution in [-0.2, 0) is 0 Å². The average molecular weight is 643 g/mol. The van der Waals surface area contributed by atoms with Gasteiger partial charge in [0, 0.05) is 16.9 Å². The second-order valence-electron chi connectivity index (χ2n) is 12.7. The molecule has 0 saturated heterocycles. The lowest BCUT2D eigenvalue weighted by molar-refractivity contribution is 0.636. The van der Waals surface area contributed by atoms with Crippen molar-refractivity contribution >= 4 is 72.3 Å². The summed E-state index contributed by atoms with van der Waals surface area (Å²) in [5.41, 5.74) is 15.9. The van der Waals surface area contributed by atoms with Crippen LogP contribution in [0.2, 0.25) is 0 Å². The lowest BCUT2D eigenvalue weighted by Crippen LogP contribution is -2.10. The molecule has 0 aliphatic carbocycles. The third-order valence-electron chi connectivity index (χ3n) is 9.77. The van der Waals surface area contributed by atoms with Gasteiger partial charge in [0.25, 0.3) is 0 Å². The zero-order valence-corrected chi connectivity index (χ0v) is 27.7. The Bertz CT molecular complexity index is 2700. The summed E-state index contributed by atoms with van der Waals surface area (Å²) in [4.78, 5) is 2.30. The van der Waals surface area contributed by atoms with Gasteiger partial charge in [0.05, 0.1) is 11.1 Å². The summed E-state index contributed by atoms with van der Waals surface area (Å²) >= 11 is 0. The summed E-state index contributed by atoms with van der Waals surface area (Å²) in [7, 11) is 0. The van der Waals surface area contributed by atoms with Gasteiger partial charge in [0.2, 0.25) is 0 Å². The van der Waals surface area contributed by atoms with Gasteiger partial charge in [0.15, 0.2) is 5.88 Å². The van der Waals surface area contributed by atoms with E-state index >= 15 is 0 Å². The molecule has 0 atom stereocenters. The average Bonchev–Trinajstić information content (AvgIpc) is 3.50. The van der Waals surface area contributed by atoms with E-state index in [0.717, 1.165) is 33.6 Å². The molecule has 2 N–H and O–H groups in total. The molecule has 3 nitrogen and oxygen atoms in total. The van der Waals surface area contributed by atoms with Crippen molar-refractivity contribution in [2.75, 3.05) is 10.6 Å². The number of rotatable bonds is 6. The number of hydrogen-bond donors (Lipinski definition) is 1. The SMILES string of the molecule is C/C=C\c1c(N)oc2cccc(N(c3ccc(-c4ccccc4)cc3)c3ccc(-c4cc5c6ccccc6ccc5c5ccccc45)cc3)c12. The first kappa shape index (κ1) is 29.6. The van der Waals surface area contributed by atoms with Crippen molar-refractivity contribution in [3.8, 4) is 22.3 Å². The van der Waals surface area contributed by atoms with E-state index in [2.05, 4.69) is 150 Å². The van der Waals surface area contributed by atoms with E-state index in [1.54, 1.807) is 0 Å². The van der Waals surface area contributed by atoms with Gasteiger partial charge in [-0.1, -0.05) is 133 Å². The standard InChI is InChI=1S/C47H34N2O/c1-2-11-41-46-44(18-10-19-45(46)50-47(41)48)49(35-25-20-32(21-26-35)31-12-4-3-5-13-31)36-27-22-34(23-28-36)42-30-43-37-15-7-6-14-33(37)24-29-40(43)38-16-8-9-17-39(38)42/h2-30H,48H2,1H3/b11-2-. The molecule has 0 aliphatic heterocycles. The monoisotopic (exact) mass is 642 g/mol. The minimum atomic E-state index is 0.413. The lowest BCUT2D eigenvalue weighted by Gasteiger charge is -2.27. The van der Waals surface area contributed by atoms with Gasteiger partial charge >= 0.3 is 0 Å². The highest BCUT2D eigenvalue weighted by Gasteiger charge is 2.21. The maximum absolute atomic E-state index is 6.44. The number of furan rings is 1. The fraction of sp³-hybridized carbons (Fsp3) is 0.0213. The predicted octanol–water partition coefficient (Wildman–Crippen LogP) is 13.3. The van der Waals surface area contributed by atoms with Crippen LogP contribution in [0.1, 0.15) is 12.5 Å². The molecular weight excluding hydrogens is 609 g/mol. The van der Waals surface area contributed by atoms with Gasteiger partial charge < -0.3 is 15.1 Å². The molecule has 9 rings (SSSR count). The number of anilines is 4. The summed E-state index contributed by atoms with van der Waals surface area (Å²) in [6.45, 7) is 2.00. The Hall–Kier alpha value is -6.58. The van der Waals surface area contributed by atoms with Crippen LogP contribution in [0.4, 0.5) is 22.9 Å². The predicted molar refractivity (Wildman–Crippen MR) is 213 cm³/mol. The third-order valence-corrected chi connectivity index (χ3v) is 9.77. The van der Waals surface area contributed by atoms with Gasteiger partial charge in [-0.25, -0.2) is 0 Å². The summed E-state index contributed by atoms with van der Waals surface area (Å²) < 4.78 is 6.07.